The van der Waals surface area contributed by atoms with Crippen LogP contribution in [0, 0.1) is 3.57 Å². The summed E-state index contributed by atoms with van der Waals surface area (Å²) < 4.78 is 7.42. The van der Waals surface area contributed by atoms with Crippen LogP contribution in [0.3, 0.4) is 0 Å². The summed E-state index contributed by atoms with van der Waals surface area (Å²) in [6.07, 6.45) is 1.65. The van der Waals surface area contributed by atoms with Crippen molar-refractivity contribution in [1.82, 2.24) is 0 Å². The first kappa shape index (κ1) is 17.0. The molecule has 0 bridgehead atoms. The second-order valence-corrected chi connectivity index (χ2v) is 7.07. The lowest BCUT2D eigenvalue weighted by Gasteiger charge is -2.05. The molecular formula is C19H13BrINO2. The van der Waals surface area contributed by atoms with Crippen molar-refractivity contribution in [2.24, 2.45) is 4.99 Å². The van der Waals surface area contributed by atoms with Crippen molar-refractivity contribution >= 4 is 50.4 Å². The predicted octanol–water partition coefficient (Wildman–Crippen LogP) is 6.30. The van der Waals surface area contributed by atoms with Crippen LogP contribution < -0.4 is 4.74 Å². The smallest absolute Gasteiger partial charge is 0.137 e. The van der Waals surface area contributed by atoms with Gasteiger partial charge in [-0.1, -0.05) is 34.1 Å². The minimum absolute atomic E-state index is 0.228. The lowest BCUT2D eigenvalue weighted by molar-refractivity contribution is 0.470. The first-order chi connectivity index (χ1) is 11.6. The van der Waals surface area contributed by atoms with Crippen LogP contribution in [0.15, 0.2) is 76.2 Å². The predicted molar refractivity (Wildman–Crippen MR) is 109 cm³/mol. The fourth-order valence-corrected chi connectivity index (χ4v) is 3.60. The van der Waals surface area contributed by atoms with Gasteiger partial charge in [0.25, 0.3) is 0 Å². The highest BCUT2D eigenvalue weighted by Gasteiger charge is 2.05. The molecule has 0 aliphatic rings. The minimum atomic E-state index is 0.228. The van der Waals surface area contributed by atoms with Gasteiger partial charge in [-0.15, -0.1) is 0 Å². The Kier molecular flexibility index (Phi) is 5.52. The van der Waals surface area contributed by atoms with E-state index in [0.717, 1.165) is 25.2 Å². The standard InChI is InChI=1S/C19H13BrINO2/c20-14-10-13(19(23)18(21)11-14)12-22-15-6-8-17(9-7-15)24-16-4-2-1-3-5-16/h1-12,23H. The number of para-hydroxylation sites is 1. The van der Waals surface area contributed by atoms with Gasteiger partial charge in [0, 0.05) is 16.3 Å². The molecule has 0 saturated heterocycles. The van der Waals surface area contributed by atoms with Crippen LogP contribution in [-0.4, -0.2) is 11.3 Å². The molecule has 0 heterocycles. The van der Waals surface area contributed by atoms with Crippen LogP contribution in [0.5, 0.6) is 17.2 Å². The molecule has 0 aliphatic carbocycles. The number of aromatic hydroxyl groups is 1. The zero-order chi connectivity index (χ0) is 16.9. The van der Waals surface area contributed by atoms with Gasteiger partial charge in [-0.25, -0.2) is 0 Å². The molecule has 3 aromatic carbocycles. The topological polar surface area (TPSA) is 41.8 Å². The molecule has 120 valence electrons. The molecule has 0 amide bonds. The first-order valence-corrected chi connectivity index (χ1v) is 9.04. The van der Waals surface area contributed by atoms with Crippen molar-refractivity contribution in [1.29, 1.82) is 0 Å². The number of benzene rings is 3. The largest absolute Gasteiger partial charge is 0.506 e. The van der Waals surface area contributed by atoms with Gasteiger partial charge in [0.2, 0.25) is 0 Å². The summed E-state index contributed by atoms with van der Waals surface area (Å²) in [6, 6.07) is 20.8. The zero-order valence-corrected chi connectivity index (χ0v) is 16.2. The number of nitrogens with zero attached hydrogens (tertiary/aromatic N) is 1. The zero-order valence-electron chi connectivity index (χ0n) is 12.5. The monoisotopic (exact) mass is 493 g/mol. The van der Waals surface area contributed by atoms with E-state index in [4.69, 9.17) is 4.74 Å². The molecule has 3 nitrogen and oxygen atoms in total. The molecular weight excluding hydrogens is 481 g/mol. The van der Waals surface area contributed by atoms with E-state index >= 15 is 0 Å². The van der Waals surface area contributed by atoms with Crippen LogP contribution in [-0.2, 0) is 0 Å². The van der Waals surface area contributed by atoms with Gasteiger partial charge < -0.3 is 9.84 Å². The Morgan fingerprint density at radius 3 is 2.33 bits per heavy atom. The van der Waals surface area contributed by atoms with Crippen molar-refractivity contribution in [3.8, 4) is 17.2 Å². The highest BCUT2D eigenvalue weighted by molar-refractivity contribution is 14.1. The molecule has 0 saturated carbocycles. The maximum absolute atomic E-state index is 10.1. The Morgan fingerprint density at radius 2 is 1.62 bits per heavy atom. The Bertz CT molecular complexity index is 865. The summed E-state index contributed by atoms with van der Waals surface area (Å²) in [4.78, 5) is 4.40. The Morgan fingerprint density at radius 1 is 0.958 bits per heavy atom. The number of phenols is 1. The fraction of sp³-hybridized carbons (Fsp3) is 0. The molecule has 1 N–H and O–H groups in total. The molecule has 24 heavy (non-hydrogen) atoms. The second kappa shape index (κ2) is 7.81. The quantitative estimate of drug-likeness (QED) is 0.342. The number of hydrogen-bond acceptors (Lipinski definition) is 3. The number of phenolic OH excluding ortho intramolecular Hbond substituents is 1. The van der Waals surface area contributed by atoms with Crippen LogP contribution in [0.1, 0.15) is 5.56 Å². The van der Waals surface area contributed by atoms with Gasteiger partial charge in [0.1, 0.15) is 17.2 Å². The molecule has 0 spiro atoms. The summed E-state index contributed by atoms with van der Waals surface area (Å²) >= 11 is 5.51. The molecule has 5 heteroatoms. The molecule has 3 rings (SSSR count). The maximum Gasteiger partial charge on any atom is 0.137 e. The van der Waals surface area contributed by atoms with Crippen molar-refractivity contribution < 1.29 is 9.84 Å². The Hall–Kier alpha value is -1.86. The highest BCUT2D eigenvalue weighted by Crippen LogP contribution is 2.28. The van der Waals surface area contributed by atoms with E-state index < -0.39 is 0 Å². The number of rotatable bonds is 4. The lowest BCUT2D eigenvalue weighted by Crippen LogP contribution is -1.86. The first-order valence-electron chi connectivity index (χ1n) is 7.17. The molecule has 0 radical (unpaired) electrons. The van der Waals surface area contributed by atoms with E-state index in [0.29, 0.717) is 5.56 Å². The van der Waals surface area contributed by atoms with Crippen molar-refractivity contribution in [2.75, 3.05) is 0 Å². The normalized spacial score (nSPS) is 10.9. The molecule has 0 unspecified atom stereocenters. The summed E-state index contributed by atoms with van der Waals surface area (Å²) in [6.45, 7) is 0. The molecule has 0 aromatic heterocycles. The third-order valence-corrected chi connectivity index (χ3v) is 4.51. The van der Waals surface area contributed by atoms with Crippen LogP contribution in [0.4, 0.5) is 5.69 Å². The number of hydrogen-bond donors (Lipinski definition) is 1. The average molecular weight is 494 g/mol. The van der Waals surface area contributed by atoms with E-state index in [1.54, 1.807) is 6.21 Å². The fourth-order valence-electron chi connectivity index (χ4n) is 2.05. The van der Waals surface area contributed by atoms with Crippen molar-refractivity contribution in [3.63, 3.8) is 0 Å². The van der Waals surface area contributed by atoms with Gasteiger partial charge >= 0.3 is 0 Å². The lowest BCUT2D eigenvalue weighted by atomic mass is 10.2. The van der Waals surface area contributed by atoms with Crippen LogP contribution >= 0.6 is 38.5 Å². The third kappa shape index (κ3) is 4.36. The minimum Gasteiger partial charge on any atom is -0.506 e. The van der Waals surface area contributed by atoms with Crippen molar-refractivity contribution in [3.05, 3.63) is 80.3 Å². The second-order valence-electron chi connectivity index (χ2n) is 4.99. The summed E-state index contributed by atoms with van der Waals surface area (Å²) in [5, 5.41) is 10.1. The highest BCUT2D eigenvalue weighted by atomic mass is 127. The summed E-state index contributed by atoms with van der Waals surface area (Å²) in [5.41, 5.74) is 1.45. The van der Waals surface area contributed by atoms with Gasteiger partial charge in [-0.2, -0.15) is 0 Å². The van der Waals surface area contributed by atoms with Gasteiger partial charge in [-0.3, -0.25) is 4.99 Å². The molecule has 0 atom stereocenters. The van der Waals surface area contributed by atoms with Crippen molar-refractivity contribution in [2.45, 2.75) is 0 Å². The van der Waals surface area contributed by atoms with Gasteiger partial charge in [0.05, 0.1) is 9.26 Å². The maximum atomic E-state index is 10.1. The average Bonchev–Trinajstić information content (AvgIpc) is 2.59. The molecule has 0 aliphatic heterocycles. The van der Waals surface area contributed by atoms with E-state index in [-0.39, 0.29) is 5.75 Å². The third-order valence-electron chi connectivity index (χ3n) is 3.23. The number of aliphatic imine (C=N–C) groups is 1. The summed E-state index contributed by atoms with van der Waals surface area (Å²) in [7, 11) is 0. The molecule has 3 aromatic rings. The Balaban J connectivity index is 1.75. The van der Waals surface area contributed by atoms with E-state index in [1.165, 1.54) is 0 Å². The van der Waals surface area contributed by atoms with Gasteiger partial charge in [0.15, 0.2) is 0 Å². The van der Waals surface area contributed by atoms with E-state index in [1.807, 2.05) is 66.7 Å². The number of halogens is 2. The van der Waals surface area contributed by atoms with E-state index in [9.17, 15) is 5.11 Å². The molecule has 0 fully saturated rings. The van der Waals surface area contributed by atoms with Gasteiger partial charge in [-0.05, 0) is 71.1 Å². The van der Waals surface area contributed by atoms with Crippen LogP contribution in [0.2, 0.25) is 0 Å². The van der Waals surface area contributed by atoms with E-state index in [2.05, 4.69) is 43.5 Å². The Labute approximate surface area is 162 Å². The van der Waals surface area contributed by atoms with Crippen LogP contribution in [0.25, 0.3) is 0 Å². The number of ether oxygens (including phenoxy) is 1. The summed E-state index contributed by atoms with van der Waals surface area (Å²) in [5.74, 6) is 1.77. The SMILES string of the molecule is Oc1c(I)cc(Br)cc1C=Nc1ccc(Oc2ccccc2)cc1.